The molecule has 1 aromatic carbocycles. The van der Waals surface area contributed by atoms with Crippen LogP contribution in [0.15, 0.2) is 18.2 Å². The molecule has 0 heterocycles. The van der Waals surface area contributed by atoms with E-state index >= 15 is 0 Å². The average molecular weight is 302 g/mol. The first kappa shape index (κ1) is 16.4. The fraction of sp³-hybridized carbons (Fsp3) is 0.429. The van der Waals surface area contributed by atoms with Crippen LogP contribution in [0.25, 0.3) is 0 Å². The van der Waals surface area contributed by atoms with Crippen LogP contribution in [0.2, 0.25) is 5.02 Å². The molecular formula is C14H17ClFNO3. The summed E-state index contributed by atoms with van der Waals surface area (Å²) in [7, 11) is 1.43. The molecule has 0 aliphatic carbocycles. The topological polar surface area (TPSA) is 46.6 Å². The Bertz CT molecular complexity index is 514. The number of carbonyl (C=O) groups excluding carboxylic acids is 2. The van der Waals surface area contributed by atoms with Crippen LogP contribution in [-0.4, -0.2) is 29.9 Å². The molecule has 1 amide bonds. The van der Waals surface area contributed by atoms with E-state index < -0.39 is 23.6 Å². The number of carbonyl (C=O) groups is 2. The Hall–Kier alpha value is -1.62. The Labute approximate surface area is 122 Å². The van der Waals surface area contributed by atoms with Gasteiger partial charge >= 0.3 is 6.09 Å². The third-order valence-corrected chi connectivity index (χ3v) is 2.80. The molecular weight excluding hydrogens is 285 g/mol. The quantitative estimate of drug-likeness (QED) is 0.802. The van der Waals surface area contributed by atoms with E-state index in [-0.39, 0.29) is 5.02 Å². The second kappa shape index (κ2) is 6.22. The zero-order valence-electron chi connectivity index (χ0n) is 11.8. The number of ether oxygens (including phenoxy) is 1. The van der Waals surface area contributed by atoms with Crippen molar-refractivity contribution in [1.29, 1.82) is 0 Å². The summed E-state index contributed by atoms with van der Waals surface area (Å²) >= 11 is 5.68. The minimum Gasteiger partial charge on any atom is -0.444 e. The molecule has 1 aromatic rings. The SMILES string of the molecule is CN(C(=O)OC(C)(C)C)C(C=O)c1ccc(F)c(Cl)c1. The Morgan fingerprint density at radius 2 is 2.05 bits per heavy atom. The highest BCUT2D eigenvalue weighted by molar-refractivity contribution is 6.30. The zero-order chi connectivity index (χ0) is 15.5. The van der Waals surface area contributed by atoms with E-state index in [4.69, 9.17) is 16.3 Å². The number of halogens is 2. The van der Waals surface area contributed by atoms with Gasteiger partial charge in [0.1, 0.15) is 23.7 Å². The fourth-order valence-corrected chi connectivity index (χ4v) is 1.73. The molecule has 0 saturated carbocycles. The Morgan fingerprint density at radius 3 is 2.50 bits per heavy atom. The number of hydrogen-bond donors (Lipinski definition) is 0. The molecule has 0 spiro atoms. The van der Waals surface area contributed by atoms with Gasteiger partial charge in [-0.05, 0) is 38.5 Å². The second-order valence-electron chi connectivity index (χ2n) is 5.35. The van der Waals surface area contributed by atoms with Gasteiger partial charge in [0.2, 0.25) is 0 Å². The monoisotopic (exact) mass is 301 g/mol. The number of amides is 1. The van der Waals surface area contributed by atoms with Gasteiger partial charge in [-0.3, -0.25) is 4.90 Å². The van der Waals surface area contributed by atoms with Crippen molar-refractivity contribution in [2.75, 3.05) is 7.05 Å². The lowest BCUT2D eigenvalue weighted by Crippen LogP contribution is -2.37. The molecule has 0 saturated heterocycles. The van der Waals surface area contributed by atoms with E-state index in [0.717, 1.165) is 11.0 Å². The molecule has 1 unspecified atom stereocenters. The zero-order valence-corrected chi connectivity index (χ0v) is 12.6. The predicted octanol–water partition coefficient (Wildman–Crippen LogP) is 3.59. The lowest BCUT2D eigenvalue weighted by Gasteiger charge is -2.28. The van der Waals surface area contributed by atoms with E-state index in [2.05, 4.69) is 0 Å². The van der Waals surface area contributed by atoms with Crippen molar-refractivity contribution < 1.29 is 18.7 Å². The fourth-order valence-electron chi connectivity index (χ4n) is 1.54. The Balaban J connectivity index is 2.97. The maximum atomic E-state index is 13.1. The van der Waals surface area contributed by atoms with E-state index in [1.54, 1.807) is 20.8 Å². The summed E-state index contributed by atoms with van der Waals surface area (Å²) in [5, 5.41) is -0.105. The van der Waals surface area contributed by atoms with Gasteiger partial charge in [-0.2, -0.15) is 0 Å². The minimum absolute atomic E-state index is 0.105. The van der Waals surface area contributed by atoms with E-state index in [0.29, 0.717) is 11.8 Å². The van der Waals surface area contributed by atoms with E-state index in [1.165, 1.54) is 19.2 Å². The number of nitrogens with zero attached hydrogens (tertiary/aromatic N) is 1. The Kier molecular flexibility index (Phi) is 5.11. The maximum absolute atomic E-state index is 13.1. The third kappa shape index (κ3) is 4.20. The first-order valence-corrected chi connectivity index (χ1v) is 6.39. The van der Waals surface area contributed by atoms with Gasteiger partial charge in [-0.15, -0.1) is 0 Å². The molecule has 20 heavy (non-hydrogen) atoms. The average Bonchev–Trinajstić information content (AvgIpc) is 2.32. The van der Waals surface area contributed by atoms with Crippen LogP contribution in [0.4, 0.5) is 9.18 Å². The van der Waals surface area contributed by atoms with Gasteiger partial charge in [0, 0.05) is 7.05 Å². The van der Waals surface area contributed by atoms with Crippen LogP contribution in [0.3, 0.4) is 0 Å². The van der Waals surface area contributed by atoms with Crippen molar-refractivity contribution in [1.82, 2.24) is 4.90 Å². The van der Waals surface area contributed by atoms with Gasteiger partial charge < -0.3 is 9.53 Å². The minimum atomic E-state index is -0.886. The molecule has 6 heteroatoms. The van der Waals surface area contributed by atoms with Gasteiger partial charge in [-0.25, -0.2) is 9.18 Å². The first-order chi connectivity index (χ1) is 9.15. The van der Waals surface area contributed by atoms with Crippen LogP contribution in [-0.2, 0) is 9.53 Å². The molecule has 0 radical (unpaired) electrons. The molecule has 0 fully saturated rings. The van der Waals surface area contributed by atoms with Crippen molar-refractivity contribution in [3.8, 4) is 0 Å². The van der Waals surface area contributed by atoms with E-state index in [9.17, 15) is 14.0 Å². The summed E-state index contributed by atoms with van der Waals surface area (Å²) in [6, 6.07) is 2.98. The molecule has 110 valence electrons. The summed E-state index contributed by atoms with van der Waals surface area (Å²) < 4.78 is 18.3. The molecule has 1 rings (SSSR count). The third-order valence-electron chi connectivity index (χ3n) is 2.51. The highest BCUT2D eigenvalue weighted by Gasteiger charge is 2.26. The molecule has 0 aliphatic rings. The summed E-state index contributed by atoms with van der Waals surface area (Å²) in [4.78, 5) is 24.3. The largest absolute Gasteiger partial charge is 0.444 e. The van der Waals surface area contributed by atoms with Crippen molar-refractivity contribution in [3.63, 3.8) is 0 Å². The van der Waals surface area contributed by atoms with Gasteiger partial charge in [0.05, 0.1) is 5.02 Å². The van der Waals surface area contributed by atoms with Crippen LogP contribution >= 0.6 is 11.6 Å². The molecule has 0 aromatic heterocycles. The molecule has 0 bridgehead atoms. The maximum Gasteiger partial charge on any atom is 0.410 e. The predicted molar refractivity (Wildman–Crippen MR) is 74.2 cm³/mol. The van der Waals surface area contributed by atoms with Crippen LogP contribution in [0, 0.1) is 5.82 Å². The standard InChI is InChI=1S/C14H17ClFNO3/c1-14(2,3)20-13(19)17(4)12(8-18)9-5-6-11(16)10(15)7-9/h5-8,12H,1-4H3. The highest BCUT2D eigenvalue weighted by Crippen LogP contribution is 2.24. The summed E-state index contributed by atoms with van der Waals surface area (Å²) in [5.41, 5.74) is -0.251. The first-order valence-electron chi connectivity index (χ1n) is 6.02. The van der Waals surface area contributed by atoms with Gasteiger partial charge in [0.15, 0.2) is 0 Å². The van der Waals surface area contributed by atoms with Crippen molar-refractivity contribution in [3.05, 3.63) is 34.6 Å². The molecule has 4 nitrogen and oxygen atoms in total. The van der Waals surface area contributed by atoms with Crippen molar-refractivity contribution >= 4 is 24.0 Å². The summed E-state index contributed by atoms with van der Waals surface area (Å²) in [6.45, 7) is 5.18. The van der Waals surface area contributed by atoms with Crippen molar-refractivity contribution in [2.45, 2.75) is 32.4 Å². The Morgan fingerprint density at radius 1 is 1.45 bits per heavy atom. The van der Waals surface area contributed by atoms with E-state index in [1.807, 2.05) is 0 Å². The number of rotatable bonds is 3. The highest BCUT2D eigenvalue weighted by atomic mass is 35.5. The second-order valence-corrected chi connectivity index (χ2v) is 5.75. The van der Waals surface area contributed by atoms with Gasteiger partial charge in [-0.1, -0.05) is 17.7 Å². The molecule has 1 atom stereocenters. The number of hydrogen-bond acceptors (Lipinski definition) is 3. The lowest BCUT2D eigenvalue weighted by molar-refractivity contribution is -0.112. The molecule has 0 aliphatic heterocycles. The van der Waals surface area contributed by atoms with Crippen LogP contribution in [0.1, 0.15) is 32.4 Å². The number of aldehydes is 1. The lowest BCUT2D eigenvalue weighted by atomic mass is 10.1. The van der Waals surface area contributed by atoms with Gasteiger partial charge in [0.25, 0.3) is 0 Å². The van der Waals surface area contributed by atoms with Crippen LogP contribution < -0.4 is 0 Å². The number of likely N-dealkylation sites (N-methyl/N-ethyl adjacent to an activating group) is 1. The number of benzene rings is 1. The normalized spacial score (nSPS) is 12.7. The van der Waals surface area contributed by atoms with Crippen molar-refractivity contribution in [2.24, 2.45) is 0 Å². The van der Waals surface area contributed by atoms with Crippen LogP contribution in [0.5, 0.6) is 0 Å². The summed E-state index contributed by atoms with van der Waals surface area (Å²) in [6.07, 6.45) is -0.0666. The molecule has 0 N–H and O–H groups in total. The summed E-state index contributed by atoms with van der Waals surface area (Å²) in [5.74, 6) is -0.583. The smallest absolute Gasteiger partial charge is 0.410 e.